The Morgan fingerprint density at radius 1 is 0.254 bits per heavy atom. The molecule has 0 unspecified atom stereocenters. The van der Waals surface area contributed by atoms with E-state index in [2.05, 4.69) is 206 Å². The molecule has 13 aromatic rings. The molecule has 0 aliphatic heterocycles. The SMILES string of the molecule is c1ccc2c(c1)-c1ccccc1C21c2cc(-c3ccc4oc5cc6ccccc6cc5c4c3)ccc2-c2c1cc(-c1ccc3oc4cc5ccccc5cc4c3c1)c1ccccc21. The van der Waals surface area contributed by atoms with Crippen molar-refractivity contribution < 1.29 is 8.83 Å². The van der Waals surface area contributed by atoms with Gasteiger partial charge in [0.1, 0.15) is 22.3 Å². The van der Waals surface area contributed by atoms with E-state index in [9.17, 15) is 0 Å². The average Bonchev–Trinajstić information content (AvgIpc) is 4.06. The largest absolute Gasteiger partial charge is 0.456 e. The molecule has 0 fully saturated rings. The first-order valence-electron chi connectivity index (χ1n) is 21.8. The Morgan fingerprint density at radius 3 is 1.37 bits per heavy atom. The summed E-state index contributed by atoms with van der Waals surface area (Å²) in [7, 11) is 0. The molecule has 0 saturated heterocycles. The highest BCUT2D eigenvalue weighted by atomic mass is 16.3. The molecule has 1 spiro atoms. The minimum atomic E-state index is -0.538. The molecule has 15 rings (SSSR count). The second-order valence-electron chi connectivity index (χ2n) is 17.5. The topological polar surface area (TPSA) is 26.3 Å². The molecule has 2 nitrogen and oxygen atoms in total. The molecule has 0 saturated carbocycles. The number of furan rings is 2. The van der Waals surface area contributed by atoms with E-state index >= 15 is 0 Å². The van der Waals surface area contributed by atoms with Crippen LogP contribution >= 0.6 is 0 Å². The van der Waals surface area contributed by atoms with Crippen LogP contribution < -0.4 is 0 Å². The number of hydrogen-bond donors (Lipinski definition) is 0. The van der Waals surface area contributed by atoms with Gasteiger partial charge in [0.15, 0.2) is 0 Å². The van der Waals surface area contributed by atoms with E-state index in [0.29, 0.717) is 0 Å². The predicted octanol–water partition coefficient (Wildman–Crippen LogP) is 16.6. The summed E-state index contributed by atoms with van der Waals surface area (Å²) in [5.41, 5.74) is 18.4. The summed E-state index contributed by atoms with van der Waals surface area (Å²) < 4.78 is 13.0. The van der Waals surface area contributed by atoms with Crippen molar-refractivity contribution >= 4 is 76.2 Å². The quantitative estimate of drug-likeness (QED) is 0.174. The molecular weight excluding hydrogens is 765 g/mol. The summed E-state index contributed by atoms with van der Waals surface area (Å²) in [6.07, 6.45) is 0. The number of rotatable bonds is 2. The van der Waals surface area contributed by atoms with E-state index in [1.54, 1.807) is 0 Å². The van der Waals surface area contributed by atoms with Crippen LogP contribution in [0.2, 0.25) is 0 Å². The Labute approximate surface area is 361 Å². The van der Waals surface area contributed by atoms with Crippen molar-refractivity contribution in [1.29, 1.82) is 0 Å². The summed E-state index contributed by atoms with van der Waals surface area (Å²) in [4.78, 5) is 0. The monoisotopic (exact) mass is 798 g/mol. The zero-order valence-corrected chi connectivity index (χ0v) is 33.9. The summed E-state index contributed by atoms with van der Waals surface area (Å²) in [5.74, 6) is 0. The molecule has 0 N–H and O–H groups in total. The van der Waals surface area contributed by atoms with Gasteiger partial charge < -0.3 is 8.83 Å². The maximum absolute atomic E-state index is 6.51. The van der Waals surface area contributed by atoms with Crippen molar-refractivity contribution in [2.75, 3.05) is 0 Å². The van der Waals surface area contributed by atoms with Crippen LogP contribution in [0.3, 0.4) is 0 Å². The molecule has 0 amide bonds. The standard InChI is InChI=1S/C61H34O2/c1-3-13-37-32-58-50(27-35(37)11-1)48-29-39(22-25-56(48)62-58)40-21-24-46-54(31-40)61(52-19-9-7-16-43(52)44-17-8-10-20-53(44)61)55-34-47(42-15-5-6-18-45(42)60(46)55)41-23-26-57-49(30-41)51-28-36-12-2-4-14-38(36)33-59(51)63-57/h1-34H. The van der Waals surface area contributed by atoms with Gasteiger partial charge in [-0.2, -0.15) is 0 Å². The van der Waals surface area contributed by atoms with Gasteiger partial charge in [-0.3, -0.25) is 0 Å². The van der Waals surface area contributed by atoms with E-state index in [0.717, 1.165) is 43.9 Å². The van der Waals surface area contributed by atoms with Gasteiger partial charge >= 0.3 is 0 Å². The highest BCUT2D eigenvalue weighted by Gasteiger charge is 2.52. The van der Waals surface area contributed by atoms with Gasteiger partial charge in [-0.05, 0) is 160 Å². The summed E-state index contributed by atoms with van der Waals surface area (Å²) in [6.45, 7) is 0. The fourth-order valence-corrected chi connectivity index (χ4v) is 11.7. The Kier molecular flexibility index (Phi) is 6.38. The zero-order chi connectivity index (χ0) is 41.0. The zero-order valence-electron chi connectivity index (χ0n) is 33.9. The van der Waals surface area contributed by atoms with Crippen LogP contribution in [0, 0.1) is 0 Å². The third-order valence-corrected chi connectivity index (χ3v) is 14.4. The summed E-state index contributed by atoms with van der Waals surface area (Å²) in [6, 6.07) is 76.4. The van der Waals surface area contributed by atoms with Crippen molar-refractivity contribution in [3.05, 3.63) is 229 Å². The van der Waals surface area contributed by atoms with Gasteiger partial charge in [0.2, 0.25) is 0 Å². The first kappa shape index (κ1) is 33.5. The van der Waals surface area contributed by atoms with Crippen LogP contribution in [-0.2, 0) is 5.41 Å². The van der Waals surface area contributed by atoms with E-state index < -0.39 is 5.41 Å². The lowest BCUT2D eigenvalue weighted by molar-refractivity contribution is 0.669. The summed E-state index contributed by atoms with van der Waals surface area (Å²) in [5, 5.41) is 11.8. The molecule has 2 aromatic heterocycles. The van der Waals surface area contributed by atoms with Gasteiger partial charge in [-0.15, -0.1) is 0 Å². The lowest BCUT2D eigenvalue weighted by Crippen LogP contribution is -2.26. The van der Waals surface area contributed by atoms with E-state index in [-0.39, 0.29) is 0 Å². The first-order valence-corrected chi connectivity index (χ1v) is 21.8. The predicted molar refractivity (Wildman–Crippen MR) is 261 cm³/mol. The van der Waals surface area contributed by atoms with E-state index in [1.807, 2.05) is 0 Å². The Bertz CT molecular complexity index is 4110. The fraction of sp³-hybridized carbons (Fsp3) is 0.0164. The number of benzene rings is 11. The highest BCUT2D eigenvalue weighted by molar-refractivity contribution is 6.15. The molecule has 0 radical (unpaired) electrons. The van der Waals surface area contributed by atoms with Crippen molar-refractivity contribution in [3.63, 3.8) is 0 Å². The van der Waals surface area contributed by atoms with Crippen molar-refractivity contribution in [2.45, 2.75) is 5.41 Å². The van der Waals surface area contributed by atoms with Crippen molar-refractivity contribution in [2.24, 2.45) is 0 Å². The molecule has 11 aromatic carbocycles. The van der Waals surface area contributed by atoms with Gasteiger partial charge in [-0.1, -0.05) is 146 Å². The normalized spacial score (nSPS) is 13.5. The van der Waals surface area contributed by atoms with Crippen molar-refractivity contribution in [3.8, 4) is 44.5 Å². The van der Waals surface area contributed by atoms with E-state index in [1.165, 1.54) is 99.1 Å². The van der Waals surface area contributed by atoms with E-state index in [4.69, 9.17) is 8.83 Å². The smallest absolute Gasteiger partial charge is 0.136 e. The Hall–Kier alpha value is -8.20. The minimum absolute atomic E-state index is 0.538. The first-order chi connectivity index (χ1) is 31.2. The molecule has 2 heterocycles. The van der Waals surface area contributed by atoms with Gasteiger partial charge in [0.05, 0.1) is 5.41 Å². The molecule has 0 atom stereocenters. The third kappa shape index (κ3) is 4.37. The average molecular weight is 799 g/mol. The maximum atomic E-state index is 6.51. The maximum Gasteiger partial charge on any atom is 0.136 e. The minimum Gasteiger partial charge on any atom is -0.456 e. The Morgan fingerprint density at radius 2 is 0.730 bits per heavy atom. The summed E-state index contributed by atoms with van der Waals surface area (Å²) >= 11 is 0. The molecule has 2 aliphatic carbocycles. The lowest BCUT2D eigenvalue weighted by Gasteiger charge is -2.31. The van der Waals surface area contributed by atoms with Gasteiger partial charge in [0, 0.05) is 21.5 Å². The van der Waals surface area contributed by atoms with Crippen LogP contribution in [0.15, 0.2) is 215 Å². The highest BCUT2D eigenvalue weighted by Crippen LogP contribution is 2.65. The second-order valence-corrected chi connectivity index (χ2v) is 17.5. The van der Waals surface area contributed by atoms with Crippen LogP contribution in [0.25, 0.3) is 121 Å². The fourth-order valence-electron chi connectivity index (χ4n) is 11.7. The molecule has 2 heteroatoms. The number of fused-ring (bicyclic) bond motifs is 20. The molecule has 0 bridgehead atoms. The van der Waals surface area contributed by atoms with Crippen LogP contribution in [-0.4, -0.2) is 0 Å². The van der Waals surface area contributed by atoms with Crippen molar-refractivity contribution in [1.82, 2.24) is 0 Å². The molecular formula is C61H34O2. The van der Waals surface area contributed by atoms with Gasteiger partial charge in [0.25, 0.3) is 0 Å². The van der Waals surface area contributed by atoms with Crippen LogP contribution in [0.4, 0.5) is 0 Å². The second kappa shape index (κ2) is 12.0. The van der Waals surface area contributed by atoms with Gasteiger partial charge in [-0.25, -0.2) is 0 Å². The molecule has 2 aliphatic rings. The van der Waals surface area contributed by atoms with Crippen LogP contribution in [0.5, 0.6) is 0 Å². The third-order valence-electron chi connectivity index (χ3n) is 14.4. The van der Waals surface area contributed by atoms with Crippen LogP contribution in [0.1, 0.15) is 22.3 Å². The molecule has 63 heavy (non-hydrogen) atoms. The molecule has 290 valence electrons. The number of hydrogen-bond acceptors (Lipinski definition) is 2. The lowest BCUT2D eigenvalue weighted by atomic mass is 9.69. The Balaban J connectivity index is 1.00.